The summed E-state index contributed by atoms with van der Waals surface area (Å²) in [5.74, 6) is -0.132. The molecule has 0 saturated heterocycles. The van der Waals surface area contributed by atoms with Crippen LogP contribution in [0.4, 0.5) is 0 Å². The number of carbonyl (C=O) groups excluding carboxylic acids is 1. The summed E-state index contributed by atoms with van der Waals surface area (Å²) in [5, 5.41) is 8.26. The molecule has 2 aromatic heterocycles. The summed E-state index contributed by atoms with van der Waals surface area (Å²) in [7, 11) is 0. The minimum atomic E-state index is -0.276. The summed E-state index contributed by atoms with van der Waals surface area (Å²) in [4.78, 5) is 23.6. The van der Waals surface area contributed by atoms with Gasteiger partial charge in [-0.3, -0.25) is 9.78 Å². The minimum absolute atomic E-state index is 0.132. The van der Waals surface area contributed by atoms with Gasteiger partial charge in [-0.05, 0) is 35.7 Å². The second kappa shape index (κ2) is 6.98. The SMILES string of the molecule is O=C(c1ccccc1)N1N=C(c2cccs2)C[C@@H]1c1cnc2ccccc2n1. The van der Waals surface area contributed by atoms with Crippen molar-refractivity contribution in [2.75, 3.05) is 0 Å². The van der Waals surface area contributed by atoms with Gasteiger partial charge < -0.3 is 0 Å². The molecule has 5 nitrogen and oxygen atoms in total. The average molecular weight is 384 g/mol. The van der Waals surface area contributed by atoms with Gasteiger partial charge in [0.2, 0.25) is 0 Å². The van der Waals surface area contributed by atoms with Gasteiger partial charge in [-0.15, -0.1) is 11.3 Å². The van der Waals surface area contributed by atoms with Crippen molar-refractivity contribution < 1.29 is 4.79 Å². The van der Waals surface area contributed by atoms with Crippen molar-refractivity contribution in [1.29, 1.82) is 0 Å². The van der Waals surface area contributed by atoms with E-state index in [0.717, 1.165) is 27.3 Å². The highest BCUT2D eigenvalue weighted by molar-refractivity contribution is 7.12. The molecule has 0 fully saturated rings. The van der Waals surface area contributed by atoms with Gasteiger partial charge in [0, 0.05) is 12.0 Å². The van der Waals surface area contributed by atoms with E-state index >= 15 is 0 Å². The summed E-state index contributed by atoms with van der Waals surface area (Å²) in [6, 6.07) is 20.7. The number of carbonyl (C=O) groups is 1. The Balaban J connectivity index is 1.57. The highest BCUT2D eigenvalue weighted by Gasteiger charge is 2.35. The number of hydrazone groups is 1. The molecule has 1 atom stereocenters. The van der Waals surface area contributed by atoms with E-state index in [9.17, 15) is 4.79 Å². The Morgan fingerprint density at radius 1 is 0.964 bits per heavy atom. The maximum atomic E-state index is 13.2. The molecule has 2 aromatic carbocycles. The summed E-state index contributed by atoms with van der Waals surface area (Å²) < 4.78 is 0. The van der Waals surface area contributed by atoms with Crippen molar-refractivity contribution in [3.63, 3.8) is 0 Å². The fourth-order valence-corrected chi connectivity index (χ4v) is 4.09. The lowest BCUT2D eigenvalue weighted by Crippen LogP contribution is -2.27. The number of nitrogens with zero attached hydrogens (tertiary/aromatic N) is 4. The number of amides is 1. The van der Waals surface area contributed by atoms with Crippen LogP contribution in [0.5, 0.6) is 0 Å². The van der Waals surface area contributed by atoms with Crippen LogP contribution in [0, 0.1) is 0 Å². The van der Waals surface area contributed by atoms with Gasteiger partial charge in [-0.2, -0.15) is 5.10 Å². The van der Waals surface area contributed by atoms with Crippen LogP contribution in [-0.4, -0.2) is 26.6 Å². The van der Waals surface area contributed by atoms with Gasteiger partial charge in [0.05, 0.1) is 33.5 Å². The normalized spacial score (nSPS) is 16.4. The van der Waals surface area contributed by atoms with Crippen LogP contribution in [0.1, 0.15) is 33.4 Å². The number of hydrogen-bond donors (Lipinski definition) is 0. The third kappa shape index (κ3) is 2.97. The van der Waals surface area contributed by atoms with Gasteiger partial charge in [-0.25, -0.2) is 9.99 Å². The lowest BCUT2D eigenvalue weighted by Gasteiger charge is -2.21. The molecule has 0 aliphatic carbocycles. The molecule has 0 saturated carbocycles. The van der Waals surface area contributed by atoms with Gasteiger partial charge >= 0.3 is 0 Å². The van der Waals surface area contributed by atoms with Crippen LogP contribution in [0.2, 0.25) is 0 Å². The number of hydrogen-bond acceptors (Lipinski definition) is 5. The molecular weight excluding hydrogens is 368 g/mol. The quantitative estimate of drug-likeness (QED) is 0.515. The maximum absolute atomic E-state index is 13.2. The number of aromatic nitrogens is 2. The van der Waals surface area contributed by atoms with E-state index in [-0.39, 0.29) is 11.9 Å². The number of para-hydroxylation sites is 2. The van der Waals surface area contributed by atoms with Crippen LogP contribution < -0.4 is 0 Å². The molecular formula is C22H16N4OS. The predicted molar refractivity (Wildman–Crippen MR) is 110 cm³/mol. The predicted octanol–water partition coefficient (Wildman–Crippen LogP) is 4.68. The summed E-state index contributed by atoms with van der Waals surface area (Å²) in [6.45, 7) is 0. The van der Waals surface area contributed by atoms with Crippen LogP contribution in [0.25, 0.3) is 11.0 Å². The average Bonchev–Trinajstić information content (AvgIpc) is 3.43. The molecule has 5 rings (SSSR count). The molecule has 0 N–H and O–H groups in total. The minimum Gasteiger partial charge on any atom is -0.267 e. The molecule has 0 unspecified atom stereocenters. The van der Waals surface area contributed by atoms with Crippen LogP contribution >= 0.6 is 11.3 Å². The van der Waals surface area contributed by atoms with Crippen molar-refractivity contribution in [3.05, 3.63) is 94.4 Å². The van der Waals surface area contributed by atoms with E-state index in [1.54, 1.807) is 22.5 Å². The largest absolute Gasteiger partial charge is 0.274 e. The first-order valence-corrected chi connectivity index (χ1v) is 9.89. The van der Waals surface area contributed by atoms with Crippen molar-refractivity contribution in [2.24, 2.45) is 5.10 Å². The van der Waals surface area contributed by atoms with Crippen LogP contribution in [0.15, 0.2) is 83.4 Å². The zero-order valence-corrected chi connectivity index (χ0v) is 15.7. The van der Waals surface area contributed by atoms with Gasteiger partial charge in [0.15, 0.2) is 0 Å². The molecule has 28 heavy (non-hydrogen) atoms. The maximum Gasteiger partial charge on any atom is 0.274 e. The van der Waals surface area contributed by atoms with E-state index in [4.69, 9.17) is 4.98 Å². The third-order valence-electron chi connectivity index (χ3n) is 4.75. The smallest absolute Gasteiger partial charge is 0.267 e. The highest BCUT2D eigenvalue weighted by Crippen LogP contribution is 2.34. The van der Waals surface area contributed by atoms with Crippen LogP contribution in [-0.2, 0) is 0 Å². The summed E-state index contributed by atoms with van der Waals surface area (Å²) in [5.41, 5.74) is 3.91. The molecule has 1 amide bonds. The van der Waals surface area contributed by atoms with Gasteiger partial charge in [-0.1, -0.05) is 36.4 Å². The first-order valence-electron chi connectivity index (χ1n) is 9.01. The standard InChI is InChI=1S/C22H16N4OS/c27-22(15-7-2-1-3-8-15)26-20(13-18(25-26)21-11-6-12-28-21)19-14-23-16-9-4-5-10-17(16)24-19/h1-12,14,20H,13H2/t20-/m1/s1. The second-order valence-corrected chi connectivity index (χ2v) is 7.49. The zero-order chi connectivity index (χ0) is 18.9. The van der Waals surface area contributed by atoms with Crippen molar-refractivity contribution in [1.82, 2.24) is 15.0 Å². The molecule has 3 heterocycles. The zero-order valence-electron chi connectivity index (χ0n) is 14.9. The molecule has 6 heteroatoms. The highest BCUT2D eigenvalue weighted by atomic mass is 32.1. The fourth-order valence-electron chi connectivity index (χ4n) is 3.36. The molecule has 136 valence electrons. The first kappa shape index (κ1) is 16.8. The number of benzene rings is 2. The number of rotatable bonds is 3. The Bertz CT molecular complexity index is 1170. The lowest BCUT2D eigenvalue weighted by atomic mass is 10.1. The van der Waals surface area contributed by atoms with Gasteiger partial charge in [0.1, 0.15) is 6.04 Å². The van der Waals surface area contributed by atoms with E-state index < -0.39 is 0 Å². The number of thiophene rings is 1. The summed E-state index contributed by atoms with van der Waals surface area (Å²) in [6.07, 6.45) is 2.37. The molecule has 1 aliphatic heterocycles. The Hall–Kier alpha value is -3.38. The van der Waals surface area contributed by atoms with Gasteiger partial charge in [0.25, 0.3) is 5.91 Å². The van der Waals surface area contributed by atoms with E-state index in [1.807, 2.05) is 72.1 Å². The third-order valence-corrected chi connectivity index (χ3v) is 5.67. The Morgan fingerprint density at radius 3 is 2.54 bits per heavy atom. The van der Waals surface area contributed by atoms with Crippen molar-refractivity contribution in [2.45, 2.75) is 12.5 Å². The molecule has 1 aliphatic rings. The number of fused-ring (bicyclic) bond motifs is 1. The van der Waals surface area contributed by atoms with Crippen LogP contribution in [0.3, 0.4) is 0 Å². The molecule has 0 bridgehead atoms. The first-order chi connectivity index (χ1) is 13.8. The van der Waals surface area contributed by atoms with E-state index in [1.165, 1.54) is 0 Å². The van der Waals surface area contributed by atoms with Crippen molar-refractivity contribution >= 4 is 34.0 Å². The Morgan fingerprint density at radius 2 is 1.75 bits per heavy atom. The van der Waals surface area contributed by atoms with E-state index in [0.29, 0.717) is 12.0 Å². The second-order valence-electron chi connectivity index (χ2n) is 6.54. The topological polar surface area (TPSA) is 58.5 Å². The monoisotopic (exact) mass is 384 g/mol. The Labute approximate surface area is 166 Å². The molecule has 0 spiro atoms. The lowest BCUT2D eigenvalue weighted by molar-refractivity contribution is 0.0708. The molecule has 4 aromatic rings. The van der Waals surface area contributed by atoms with E-state index in [2.05, 4.69) is 10.1 Å². The Kier molecular flexibility index (Phi) is 4.18. The fraction of sp³-hybridized carbons (Fsp3) is 0.0909. The summed E-state index contributed by atoms with van der Waals surface area (Å²) >= 11 is 1.62. The van der Waals surface area contributed by atoms with Crippen molar-refractivity contribution in [3.8, 4) is 0 Å². The molecule has 0 radical (unpaired) electrons.